The van der Waals surface area contributed by atoms with E-state index in [1.54, 1.807) is 11.9 Å². The molecule has 2 aromatic rings. The van der Waals surface area contributed by atoms with Crippen molar-refractivity contribution in [3.8, 4) is 10.6 Å². The average molecular weight is 464 g/mol. The maximum absolute atomic E-state index is 14.5. The average Bonchev–Trinajstić information content (AvgIpc) is 3.13. The van der Waals surface area contributed by atoms with Crippen molar-refractivity contribution in [2.45, 2.75) is 49.9 Å². The van der Waals surface area contributed by atoms with Crippen molar-refractivity contribution in [1.82, 2.24) is 19.3 Å². The van der Waals surface area contributed by atoms with Crippen molar-refractivity contribution in [3.05, 3.63) is 22.7 Å². The Balaban J connectivity index is 1.61. The molecule has 0 aromatic carbocycles. The Bertz CT molecular complexity index is 895. The number of halogens is 4. The molecule has 1 aliphatic carbocycles. The molecule has 0 unspecified atom stereocenters. The number of aliphatic hydroxyl groups excluding tert-OH is 1. The lowest BCUT2D eigenvalue weighted by molar-refractivity contribution is -0.140. The van der Waals surface area contributed by atoms with Crippen molar-refractivity contribution in [2.75, 3.05) is 24.7 Å². The predicted octanol–water partition coefficient (Wildman–Crippen LogP) is 4.15. The van der Waals surface area contributed by atoms with E-state index in [0.717, 1.165) is 43.5 Å². The number of hydrogen-bond acceptors (Lipinski definition) is 8. The fourth-order valence-corrected chi connectivity index (χ4v) is 5.39. The maximum Gasteiger partial charge on any atom is 0.434 e. The third-order valence-electron chi connectivity index (χ3n) is 5.38. The van der Waals surface area contributed by atoms with Crippen LogP contribution in [0.1, 0.15) is 42.3 Å². The molecule has 6 nitrogen and oxygen atoms in total. The summed E-state index contributed by atoms with van der Waals surface area (Å²) >= 11 is 2.46. The first-order valence-corrected chi connectivity index (χ1v) is 11.6. The number of rotatable bonds is 5. The highest BCUT2D eigenvalue weighted by molar-refractivity contribution is 7.96. The fraction of sp³-hybridized carbons (Fsp3) is 0.611. The molecule has 0 bridgehead atoms. The second kappa shape index (κ2) is 8.56. The summed E-state index contributed by atoms with van der Waals surface area (Å²) in [6, 6.07) is 0.0716. The number of nitrogens with zero attached hydrogens (tertiary/aromatic N) is 4. The van der Waals surface area contributed by atoms with E-state index in [-0.39, 0.29) is 27.8 Å². The number of piperidine rings is 1. The van der Waals surface area contributed by atoms with Crippen LogP contribution < -0.4 is 5.32 Å². The molecule has 30 heavy (non-hydrogen) atoms. The summed E-state index contributed by atoms with van der Waals surface area (Å²) in [4.78, 5) is 11.4. The Morgan fingerprint density at radius 2 is 1.93 bits per heavy atom. The molecule has 2 N–H and O–H groups in total. The maximum atomic E-state index is 14.5. The minimum atomic E-state index is -4.73. The number of hydrogen-bond donors (Lipinski definition) is 2. The quantitative estimate of drug-likeness (QED) is 0.510. The van der Waals surface area contributed by atoms with E-state index < -0.39 is 29.5 Å². The van der Waals surface area contributed by atoms with Crippen molar-refractivity contribution < 1.29 is 22.7 Å². The van der Waals surface area contributed by atoms with Crippen molar-refractivity contribution in [3.63, 3.8) is 0 Å². The number of aliphatic hydroxyl groups is 1. The standard InChI is InChI=1S/C18H21F4N5OS2/c1-29-27-4-2-10(3-5-27)24-17-23-8-12(19)13(25-17)14-15(18(20,21)22)26-16(30-14)9-6-11(28)7-9/h8-11,28H,2-7H2,1H3,(H,23,24,25)/t9-,11+. The van der Waals surface area contributed by atoms with Gasteiger partial charge in [0.1, 0.15) is 5.69 Å². The van der Waals surface area contributed by atoms with Crippen LogP contribution in [0.25, 0.3) is 10.6 Å². The molecule has 0 spiro atoms. The van der Waals surface area contributed by atoms with Crippen LogP contribution in [-0.2, 0) is 6.18 Å². The van der Waals surface area contributed by atoms with Gasteiger partial charge in [0.15, 0.2) is 11.5 Å². The molecule has 1 aliphatic heterocycles. The predicted molar refractivity (Wildman–Crippen MR) is 108 cm³/mol. The zero-order valence-electron chi connectivity index (χ0n) is 16.1. The van der Waals surface area contributed by atoms with Crippen molar-refractivity contribution in [2.24, 2.45) is 0 Å². The molecular weight excluding hydrogens is 442 g/mol. The summed E-state index contributed by atoms with van der Waals surface area (Å²) in [6.45, 7) is 1.74. The molecular formula is C18H21F4N5OS2. The van der Waals surface area contributed by atoms with E-state index in [1.165, 1.54) is 0 Å². The first kappa shape index (κ1) is 21.7. The van der Waals surface area contributed by atoms with Gasteiger partial charge in [-0.3, -0.25) is 4.31 Å². The first-order valence-electron chi connectivity index (χ1n) is 9.59. The molecule has 0 atom stereocenters. The summed E-state index contributed by atoms with van der Waals surface area (Å²) in [6.07, 6.45) is 0.0289. The highest BCUT2D eigenvalue weighted by atomic mass is 32.2. The summed E-state index contributed by atoms with van der Waals surface area (Å²) < 4.78 is 57.5. The number of anilines is 1. The highest BCUT2D eigenvalue weighted by Crippen LogP contribution is 2.46. The number of alkyl halides is 3. The van der Waals surface area contributed by atoms with Crippen LogP contribution in [0, 0.1) is 5.82 Å². The van der Waals surface area contributed by atoms with Gasteiger partial charge in [-0.1, -0.05) is 11.9 Å². The van der Waals surface area contributed by atoms with Crippen LogP contribution in [0.2, 0.25) is 0 Å². The summed E-state index contributed by atoms with van der Waals surface area (Å²) in [7, 11) is 0. The van der Waals surface area contributed by atoms with E-state index in [9.17, 15) is 22.7 Å². The molecule has 2 aromatic heterocycles. The molecule has 3 heterocycles. The van der Waals surface area contributed by atoms with Crippen molar-refractivity contribution in [1.29, 1.82) is 0 Å². The molecule has 4 rings (SSSR count). The first-order chi connectivity index (χ1) is 14.2. The second-order valence-corrected chi connectivity index (χ2v) is 9.38. The summed E-state index contributed by atoms with van der Waals surface area (Å²) in [5, 5.41) is 12.8. The molecule has 164 valence electrons. The number of thiazole rings is 1. The lowest BCUT2D eigenvalue weighted by atomic mass is 9.83. The zero-order chi connectivity index (χ0) is 21.5. The summed E-state index contributed by atoms with van der Waals surface area (Å²) in [5.41, 5.74) is -1.54. The minimum absolute atomic E-state index is 0.0716. The SMILES string of the molecule is CSN1CCC(Nc2ncc(F)c(-c3sc([C@H]4C[C@@H](O)C4)nc3C(F)(F)F)n2)CC1. The Morgan fingerprint density at radius 3 is 2.53 bits per heavy atom. The Kier molecular flexibility index (Phi) is 6.20. The van der Waals surface area contributed by atoms with Gasteiger partial charge in [0.2, 0.25) is 5.95 Å². The van der Waals surface area contributed by atoms with Crippen LogP contribution in [0.15, 0.2) is 6.20 Å². The van der Waals surface area contributed by atoms with Crippen LogP contribution in [0.5, 0.6) is 0 Å². The third kappa shape index (κ3) is 4.56. The normalized spacial score (nSPS) is 23.4. The van der Waals surface area contributed by atoms with E-state index in [0.29, 0.717) is 12.8 Å². The van der Waals surface area contributed by atoms with Gasteiger partial charge in [-0.05, 0) is 31.9 Å². The van der Waals surface area contributed by atoms with Gasteiger partial charge >= 0.3 is 6.18 Å². The van der Waals surface area contributed by atoms with Crippen molar-refractivity contribution >= 4 is 29.2 Å². The molecule has 1 saturated heterocycles. The van der Waals surface area contributed by atoms with Gasteiger partial charge in [-0.2, -0.15) is 13.2 Å². The van der Waals surface area contributed by atoms with E-state index in [2.05, 4.69) is 24.6 Å². The largest absolute Gasteiger partial charge is 0.434 e. The smallest absolute Gasteiger partial charge is 0.393 e. The van der Waals surface area contributed by atoms with Gasteiger partial charge in [0.25, 0.3) is 0 Å². The molecule has 12 heteroatoms. The number of nitrogens with one attached hydrogen (secondary N) is 1. The van der Waals surface area contributed by atoms with E-state index in [4.69, 9.17) is 0 Å². The van der Waals surface area contributed by atoms with Crippen LogP contribution in [-0.4, -0.2) is 55.9 Å². The zero-order valence-corrected chi connectivity index (χ0v) is 17.7. The topological polar surface area (TPSA) is 74.2 Å². The molecule has 2 fully saturated rings. The Labute approximate surface area is 179 Å². The molecule has 1 saturated carbocycles. The number of aromatic nitrogens is 3. The monoisotopic (exact) mass is 463 g/mol. The minimum Gasteiger partial charge on any atom is -0.393 e. The molecule has 0 radical (unpaired) electrons. The summed E-state index contributed by atoms with van der Waals surface area (Å²) in [5.74, 6) is -1.06. The van der Waals surface area contributed by atoms with Gasteiger partial charge < -0.3 is 10.4 Å². The van der Waals surface area contributed by atoms with Crippen LogP contribution in [0.4, 0.5) is 23.5 Å². The lowest BCUT2D eigenvalue weighted by Crippen LogP contribution is -2.35. The van der Waals surface area contributed by atoms with Crippen LogP contribution in [0.3, 0.4) is 0 Å². The fourth-order valence-electron chi connectivity index (χ4n) is 3.61. The van der Waals surface area contributed by atoms with E-state index in [1.807, 2.05) is 6.26 Å². The second-order valence-electron chi connectivity index (χ2n) is 7.47. The third-order valence-corrected chi connectivity index (χ3v) is 7.49. The van der Waals surface area contributed by atoms with Gasteiger partial charge in [-0.25, -0.2) is 19.3 Å². The van der Waals surface area contributed by atoms with Crippen LogP contribution >= 0.6 is 23.3 Å². The van der Waals surface area contributed by atoms with Gasteiger partial charge in [0.05, 0.1) is 22.2 Å². The lowest BCUT2D eigenvalue weighted by Gasteiger charge is -2.30. The highest BCUT2D eigenvalue weighted by Gasteiger charge is 2.41. The van der Waals surface area contributed by atoms with Gasteiger partial charge in [0, 0.05) is 25.0 Å². The Morgan fingerprint density at radius 1 is 1.23 bits per heavy atom. The van der Waals surface area contributed by atoms with E-state index >= 15 is 0 Å². The van der Waals surface area contributed by atoms with Gasteiger partial charge in [-0.15, -0.1) is 11.3 Å². The Hall–Kier alpha value is -1.50. The molecule has 2 aliphatic rings. The molecule has 0 amide bonds.